The number of halogens is 2. The third-order valence-corrected chi connectivity index (χ3v) is 2.32. The maximum absolute atomic E-state index is 8.78. The summed E-state index contributed by atoms with van der Waals surface area (Å²) in [4.78, 5) is 0. The third-order valence-electron chi connectivity index (χ3n) is 1.22. The van der Waals surface area contributed by atoms with Crippen LogP contribution in [0.5, 0.6) is 0 Å². The molecule has 0 aliphatic carbocycles. The van der Waals surface area contributed by atoms with E-state index < -0.39 is 0 Å². The second-order valence-corrected chi connectivity index (χ2v) is 3.12. The van der Waals surface area contributed by atoms with E-state index in [0.717, 1.165) is 10.0 Å². The van der Waals surface area contributed by atoms with Gasteiger partial charge in [0.1, 0.15) is 0 Å². The number of rotatable bonds is 1. The van der Waals surface area contributed by atoms with Crippen LogP contribution in [0, 0.1) is 0 Å². The Hall–Kier alpha value is -0.0500. The average Bonchev–Trinajstić information content (AvgIpc) is 1.88. The van der Waals surface area contributed by atoms with Gasteiger partial charge in [-0.15, -0.1) is 0 Å². The van der Waals surface area contributed by atoms with Gasteiger partial charge in [-0.1, -0.05) is 33.6 Å². The first-order chi connectivity index (χ1) is 4.75. The summed E-state index contributed by atoms with van der Waals surface area (Å²) < 4.78 is 0.850. The molecule has 0 amide bonds. The molecule has 1 aromatic rings. The van der Waals surface area contributed by atoms with Gasteiger partial charge in [0.25, 0.3) is 0 Å². The Morgan fingerprint density at radius 1 is 1.50 bits per heavy atom. The van der Waals surface area contributed by atoms with E-state index in [0.29, 0.717) is 5.02 Å². The zero-order chi connectivity index (χ0) is 7.56. The van der Waals surface area contributed by atoms with Crippen molar-refractivity contribution in [2.24, 2.45) is 0 Å². The Morgan fingerprint density at radius 3 is 2.60 bits per heavy atom. The predicted octanol–water partition coefficient (Wildman–Crippen LogP) is 2.59. The fourth-order valence-corrected chi connectivity index (χ4v) is 1.52. The second-order valence-electron chi connectivity index (χ2n) is 1.86. The van der Waals surface area contributed by atoms with Crippen LogP contribution < -0.4 is 0 Å². The van der Waals surface area contributed by atoms with Crippen LogP contribution in [-0.2, 0) is 6.61 Å². The Bertz CT molecular complexity index is 217. The monoisotopic (exact) mass is 220 g/mol. The molecule has 0 saturated carbocycles. The van der Waals surface area contributed by atoms with Crippen molar-refractivity contribution in [3.05, 3.63) is 33.3 Å². The molecule has 1 rings (SSSR count). The number of hydrogen-bond donors (Lipinski definition) is 1. The van der Waals surface area contributed by atoms with Crippen molar-refractivity contribution in [2.45, 2.75) is 6.61 Å². The van der Waals surface area contributed by atoms with Crippen molar-refractivity contribution in [2.75, 3.05) is 0 Å². The fraction of sp³-hybridized carbons (Fsp3) is 0.143. The molecule has 54 valence electrons. The van der Waals surface area contributed by atoms with E-state index in [1.807, 2.05) is 12.1 Å². The van der Waals surface area contributed by atoms with Gasteiger partial charge >= 0.3 is 0 Å². The Morgan fingerprint density at radius 2 is 2.20 bits per heavy atom. The molecule has 0 radical (unpaired) electrons. The van der Waals surface area contributed by atoms with Gasteiger partial charge in [0, 0.05) is 15.1 Å². The number of hydrogen-bond acceptors (Lipinski definition) is 1. The first kappa shape index (κ1) is 8.05. The van der Waals surface area contributed by atoms with Gasteiger partial charge in [-0.3, -0.25) is 0 Å². The van der Waals surface area contributed by atoms with Crippen molar-refractivity contribution in [1.82, 2.24) is 0 Å². The summed E-state index contributed by atoms with van der Waals surface area (Å²) in [6.07, 6.45) is 0. The predicted molar refractivity (Wildman–Crippen MR) is 45.1 cm³/mol. The van der Waals surface area contributed by atoms with E-state index >= 15 is 0 Å². The molecule has 1 nitrogen and oxygen atoms in total. The second kappa shape index (κ2) is 3.37. The van der Waals surface area contributed by atoms with Crippen molar-refractivity contribution in [3.8, 4) is 0 Å². The van der Waals surface area contributed by atoms with Crippen molar-refractivity contribution < 1.29 is 5.11 Å². The molecule has 10 heavy (non-hydrogen) atoms. The minimum atomic E-state index is -0.0275. The van der Waals surface area contributed by atoms with Crippen LogP contribution in [0.25, 0.3) is 0 Å². The van der Waals surface area contributed by atoms with Crippen LogP contribution >= 0.6 is 27.5 Å². The fourth-order valence-electron chi connectivity index (χ4n) is 0.683. The van der Waals surface area contributed by atoms with Gasteiger partial charge in [0.15, 0.2) is 0 Å². The van der Waals surface area contributed by atoms with Crippen LogP contribution in [0.15, 0.2) is 22.7 Å². The minimum absolute atomic E-state index is 0.0275. The van der Waals surface area contributed by atoms with Gasteiger partial charge in [0.05, 0.1) is 6.61 Å². The summed E-state index contributed by atoms with van der Waals surface area (Å²) in [5, 5.41) is 9.38. The highest BCUT2D eigenvalue weighted by Crippen LogP contribution is 2.23. The molecule has 0 atom stereocenters. The van der Waals surface area contributed by atoms with Gasteiger partial charge in [-0.2, -0.15) is 0 Å². The molecule has 0 spiro atoms. The van der Waals surface area contributed by atoms with Gasteiger partial charge in [-0.05, 0) is 12.1 Å². The largest absolute Gasteiger partial charge is 0.392 e. The highest BCUT2D eigenvalue weighted by Gasteiger charge is 2.01. The molecular weight excluding hydrogens is 215 g/mol. The summed E-state index contributed by atoms with van der Waals surface area (Å²) in [5.74, 6) is 0. The minimum Gasteiger partial charge on any atom is -0.392 e. The summed E-state index contributed by atoms with van der Waals surface area (Å²) in [7, 11) is 0. The third kappa shape index (κ3) is 1.51. The quantitative estimate of drug-likeness (QED) is 0.773. The number of aliphatic hydroxyl groups is 1. The zero-order valence-electron chi connectivity index (χ0n) is 5.14. The maximum Gasteiger partial charge on any atom is 0.0707 e. The van der Waals surface area contributed by atoms with Crippen LogP contribution in [0.4, 0.5) is 0 Å². The van der Waals surface area contributed by atoms with Crippen molar-refractivity contribution >= 4 is 27.5 Å². The standard InChI is InChI=1S/C7H6BrClO/c8-6-2-1-3-7(9)5(6)4-10/h1-3,10H,4H2. The van der Waals surface area contributed by atoms with Crippen molar-refractivity contribution in [3.63, 3.8) is 0 Å². The maximum atomic E-state index is 8.78. The number of aliphatic hydroxyl groups excluding tert-OH is 1. The molecule has 0 unspecified atom stereocenters. The molecule has 0 bridgehead atoms. The van der Waals surface area contributed by atoms with E-state index in [2.05, 4.69) is 15.9 Å². The summed E-state index contributed by atoms with van der Waals surface area (Å²) >= 11 is 9.00. The topological polar surface area (TPSA) is 20.2 Å². The Labute approximate surface area is 72.8 Å². The molecule has 0 heterocycles. The number of benzene rings is 1. The molecule has 3 heteroatoms. The first-order valence-corrected chi connectivity index (χ1v) is 3.96. The summed E-state index contributed by atoms with van der Waals surface area (Å²) in [5.41, 5.74) is 0.740. The Kier molecular flexibility index (Phi) is 2.72. The smallest absolute Gasteiger partial charge is 0.0707 e. The zero-order valence-corrected chi connectivity index (χ0v) is 7.48. The molecule has 0 aliphatic heterocycles. The molecule has 0 aromatic heterocycles. The molecule has 1 aromatic carbocycles. The van der Waals surface area contributed by atoms with Crippen LogP contribution in [0.3, 0.4) is 0 Å². The van der Waals surface area contributed by atoms with E-state index in [9.17, 15) is 0 Å². The van der Waals surface area contributed by atoms with Crippen LogP contribution in [0.2, 0.25) is 5.02 Å². The summed E-state index contributed by atoms with van der Waals surface area (Å²) in [6, 6.07) is 5.42. The first-order valence-electron chi connectivity index (χ1n) is 2.79. The lowest BCUT2D eigenvalue weighted by Crippen LogP contribution is -1.85. The van der Waals surface area contributed by atoms with E-state index in [-0.39, 0.29) is 6.61 Å². The van der Waals surface area contributed by atoms with Crippen molar-refractivity contribution in [1.29, 1.82) is 0 Å². The van der Waals surface area contributed by atoms with E-state index in [1.54, 1.807) is 6.07 Å². The van der Waals surface area contributed by atoms with E-state index in [4.69, 9.17) is 16.7 Å². The normalized spacial score (nSPS) is 9.90. The lowest BCUT2D eigenvalue weighted by molar-refractivity contribution is 0.281. The van der Waals surface area contributed by atoms with E-state index in [1.165, 1.54) is 0 Å². The average molecular weight is 221 g/mol. The van der Waals surface area contributed by atoms with Crippen LogP contribution in [0.1, 0.15) is 5.56 Å². The molecule has 0 fully saturated rings. The lowest BCUT2D eigenvalue weighted by Gasteiger charge is -2.00. The highest BCUT2D eigenvalue weighted by atomic mass is 79.9. The Balaban J connectivity index is 3.17. The highest BCUT2D eigenvalue weighted by molar-refractivity contribution is 9.10. The molecule has 1 N–H and O–H groups in total. The van der Waals surface area contributed by atoms with Gasteiger partial charge in [0.2, 0.25) is 0 Å². The SMILES string of the molecule is OCc1c(Cl)cccc1Br. The molecular formula is C7H6BrClO. The molecule has 0 saturated heterocycles. The summed E-state index contributed by atoms with van der Waals surface area (Å²) in [6.45, 7) is -0.0275. The lowest BCUT2D eigenvalue weighted by atomic mass is 10.2. The van der Waals surface area contributed by atoms with Crippen LogP contribution in [-0.4, -0.2) is 5.11 Å². The van der Waals surface area contributed by atoms with Gasteiger partial charge < -0.3 is 5.11 Å². The molecule has 0 aliphatic rings. The van der Waals surface area contributed by atoms with Gasteiger partial charge in [-0.25, -0.2) is 0 Å².